The van der Waals surface area contributed by atoms with Gasteiger partial charge in [-0.2, -0.15) is 10.4 Å². The Morgan fingerprint density at radius 2 is 2.08 bits per heavy atom. The van der Waals surface area contributed by atoms with Crippen LogP contribution < -0.4 is 10.2 Å². The Kier molecular flexibility index (Phi) is 5.74. The first-order chi connectivity index (χ1) is 11.6. The van der Waals surface area contributed by atoms with Gasteiger partial charge in [-0.15, -0.1) is 0 Å². The molecule has 1 heterocycles. The van der Waals surface area contributed by atoms with Crippen molar-refractivity contribution >= 4 is 12.1 Å². The van der Waals surface area contributed by atoms with Crippen molar-refractivity contribution in [1.82, 2.24) is 9.99 Å². The van der Waals surface area contributed by atoms with Crippen LogP contribution in [0.15, 0.2) is 35.4 Å². The lowest BCUT2D eigenvalue weighted by molar-refractivity contribution is -0.120. The summed E-state index contributed by atoms with van der Waals surface area (Å²) in [6.45, 7) is 6.59. The Balaban J connectivity index is 2.21. The quantitative estimate of drug-likeness (QED) is 0.655. The molecule has 0 spiro atoms. The molecule has 0 bridgehead atoms. The van der Waals surface area contributed by atoms with Gasteiger partial charge in [-0.25, -0.2) is 5.43 Å². The molecule has 124 valence electrons. The van der Waals surface area contributed by atoms with Crippen molar-refractivity contribution in [2.45, 2.75) is 27.2 Å². The minimum absolute atomic E-state index is 0.206. The third kappa shape index (κ3) is 4.02. The topological polar surface area (TPSA) is 79.4 Å². The molecule has 2 aromatic rings. The third-order valence-corrected chi connectivity index (χ3v) is 3.51. The lowest BCUT2D eigenvalue weighted by Gasteiger charge is -2.10. The fourth-order valence-electron chi connectivity index (χ4n) is 2.46. The van der Waals surface area contributed by atoms with E-state index in [1.54, 1.807) is 12.3 Å². The maximum atomic E-state index is 11.2. The molecule has 6 nitrogen and oxygen atoms in total. The minimum atomic E-state index is -0.422. The molecule has 2 rings (SSSR count). The van der Waals surface area contributed by atoms with E-state index in [1.165, 1.54) is 0 Å². The highest BCUT2D eigenvalue weighted by molar-refractivity contribution is 5.84. The smallest absolute Gasteiger partial charge is 0.254 e. The van der Waals surface area contributed by atoms with Crippen LogP contribution in [0.5, 0.6) is 5.75 Å². The Labute approximate surface area is 141 Å². The number of aromatic nitrogens is 1. The maximum Gasteiger partial charge on any atom is 0.254 e. The van der Waals surface area contributed by atoms with Gasteiger partial charge in [0.25, 0.3) is 5.91 Å². The van der Waals surface area contributed by atoms with Crippen LogP contribution in [0.3, 0.4) is 0 Å². The van der Waals surface area contributed by atoms with Crippen LogP contribution in [-0.4, -0.2) is 23.3 Å². The number of hydrogen-bond donors (Lipinski definition) is 1. The summed E-state index contributed by atoms with van der Waals surface area (Å²) in [6.07, 6.45) is 1.38. The van der Waals surface area contributed by atoms with E-state index < -0.39 is 5.91 Å². The molecular formula is C18H20N4O2. The van der Waals surface area contributed by atoms with Crippen LogP contribution in [0.2, 0.25) is 0 Å². The Morgan fingerprint density at radius 3 is 2.71 bits per heavy atom. The number of carbonyl (C=O) groups excluding carboxylic acids is 1. The molecule has 0 atom stereocenters. The first-order valence-corrected chi connectivity index (χ1v) is 7.67. The van der Waals surface area contributed by atoms with Gasteiger partial charge in [-0.05, 0) is 51.1 Å². The fourth-order valence-corrected chi connectivity index (χ4v) is 2.46. The molecule has 0 saturated heterocycles. The number of nitrogens with zero attached hydrogens (tertiary/aromatic N) is 3. The zero-order valence-corrected chi connectivity index (χ0v) is 14.0. The molecule has 1 aromatic carbocycles. The van der Waals surface area contributed by atoms with Gasteiger partial charge in [0.2, 0.25) is 0 Å². The highest BCUT2D eigenvalue weighted by atomic mass is 16.5. The number of hydrazone groups is 1. The van der Waals surface area contributed by atoms with Gasteiger partial charge in [0.1, 0.15) is 12.2 Å². The lowest BCUT2D eigenvalue weighted by atomic mass is 10.2. The predicted molar refractivity (Wildman–Crippen MR) is 92.4 cm³/mol. The lowest BCUT2D eigenvalue weighted by Crippen LogP contribution is -2.16. The molecule has 0 aliphatic rings. The molecule has 0 fully saturated rings. The highest BCUT2D eigenvalue weighted by Crippen LogP contribution is 2.22. The Bertz CT molecular complexity index is 783. The number of carbonyl (C=O) groups is 1. The van der Waals surface area contributed by atoms with Crippen molar-refractivity contribution in [3.05, 3.63) is 47.3 Å². The zero-order valence-electron chi connectivity index (χ0n) is 14.0. The number of hydrogen-bond acceptors (Lipinski definition) is 4. The summed E-state index contributed by atoms with van der Waals surface area (Å²) >= 11 is 0. The summed E-state index contributed by atoms with van der Waals surface area (Å²) in [5.41, 5.74) is 6.33. The molecule has 1 N–H and O–H groups in total. The number of rotatable bonds is 6. The van der Waals surface area contributed by atoms with Crippen molar-refractivity contribution in [3.63, 3.8) is 0 Å². The number of aryl methyl sites for hydroxylation is 1. The second kappa shape index (κ2) is 7.97. The molecule has 24 heavy (non-hydrogen) atoms. The second-order valence-electron chi connectivity index (χ2n) is 5.22. The normalized spacial score (nSPS) is 10.6. The second-order valence-corrected chi connectivity index (χ2v) is 5.22. The molecule has 0 aliphatic carbocycles. The van der Waals surface area contributed by atoms with Crippen LogP contribution in [0, 0.1) is 25.2 Å². The molecule has 0 unspecified atom stereocenters. The van der Waals surface area contributed by atoms with Crippen LogP contribution in [-0.2, 0) is 4.79 Å². The molecule has 0 saturated carbocycles. The Hall–Kier alpha value is -3.07. The van der Waals surface area contributed by atoms with Crippen LogP contribution in [0.1, 0.15) is 30.3 Å². The number of ether oxygens (including phenoxy) is 1. The van der Waals surface area contributed by atoms with E-state index in [1.807, 2.05) is 51.1 Å². The average molecular weight is 324 g/mol. The molecule has 1 aromatic heterocycles. The Morgan fingerprint density at radius 1 is 1.38 bits per heavy atom. The number of benzene rings is 1. The average Bonchev–Trinajstić information content (AvgIpc) is 2.83. The van der Waals surface area contributed by atoms with Crippen molar-refractivity contribution in [2.75, 3.05) is 6.61 Å². The van der Waals surface area contributed by atoms with Gasteiger partial charge < -0.3 is 9.30 Å². The van der Waals surface area contributed by atoms with E-state index in [2.05, 4.69) is 15.1 Å². The molecule has 0 aliphatic heterocycles. The van der Waals surface area contributed by atoms with E-state index in [0.717, 1.165) is 28.4 Å². The SMILES string of the molecule is CCOc1ccc(-n2c(C)cc(/C=N\NC(=O)CC#N)c2C)cc1. The largest absolute Gasteiger partial charge is 0.494 e. The van der Waals surface area contributed by atoms with E-state index in [0.29, 0.717) is 6.61 Å². The van der Waals surface area contributed by atoms with E-state index >= 15 is 0 Å². The molecular weight excluding hydrogens is 304 g/mol. The number of amides is 1. The summed E-state index contributed by atoms with van der Waals surface area (Å²) < 4.78 is 7.57. The number of nitriles is 1. The van der Waals surface area contributed by atoms with E-state index in [4.69, 9.17) is 10.00 Å². The van der Waals surface area contributed by atoms with Gasteiger partial charge in [0, 0.05) is 22.6 Å². The summed E-state index contributed by atoms with van der Waals surface area (Å²) in [6, 6.07) is 11.6. The first kappa shape index (κ1) is 17.3. The van der Waals surface area contributed by atoms with E-state index in [-0.39, 0.29) is 6.42 Å². The van der Waals surface area contributed by atoms with Crippen LogP contribution in [0.4, 0.5) is 0 Å². The maximum absolute atomic E-state index is 11.2. The van der Waals surface area contributed by atoms with Gasteiger partial charge in [0.15, 0.2) is 0 Å². The van der Waals surface area contributed by atoms with Crippen molar-refractivity contribution in [3.8, 4) is 17.5 Å². The molecule has 6 heteroatoms. The number of nitrogens with one attached hydrogen (secondary N) is 1. The van der Waals surface area contributed by atoms with Gasteiger partial charge in [-0.1, -0.05) is 0 Å². The predicted octanol–water partition coefficient (Wildman–Crippen LogP) is 2.86. The third-order valence-electron chi connectivity index (χ3n) is 3.51. The summed E-state index contributed by atoms with van der Waals surface area (Å²) in [5, 5.41) is 12.3. The molecule has 1 amide bonds. The van der Waals surface area contributed by atoms with Crippen molar-refractivity contribution in [2.24, 2.45) is 5.10 Å². The summed E-state index contributed by atoms with van der Waals surface area (Å²) in [7, 11) is 0. The van der Waals surface area contributed by atoms with Gasteiger partial charge in [0.05, 0.1) is 18.9 Å². The first-order valence-electron chi connectivity index (χ1n) is 7.67. The highest BCUT2D eigenvalue weighted by Gasteiger charge is 2.09. The van der Waals surface area contributed by atoms with Gasteiger partial charge in [-0.3, -0.25) is 4.79 Å². The van der Waals surface area contributed by atoms with E-state index in [9.17, 15) is 4.79 Å². The molecule has 0 radical (unpaired) electrons. The van der Waals surface area contributed by atoms with Crippen LogP contribution >= 0.6 is 0 Å². The van der Waals surface area contributed by atoms with Gasteiger partial charge >= 0.3 is 0 Å². The summed E-state index contributed by atoms with van der Waals surface area (Å²) in [5.74, 6) is 0.416. The zero-order chi connectivity index (χ0) is 17.5. The monoisotopic (exact) mass is 324 g/mol. The van der Waals surface area contributed by atoms with Crippen LogP contribution in [0.25, 0.3) is 5.69 Å². The standard InChI is InChI=1S/C18H20N4O2/c1-4-24-17-7-5-16(6-8-17)22-13(2)11-15(14(22)3)12-20-21-18(23)9-10-19/h5-8,11-12H,4,9H2,1-3H3,(H,21,23)/b20-12-. The summed E-state index contributed by atoms with van der Waals surface area (Å²) in [4.78, 5) is 11.2. The fraction of sp³-hybridized carbons (Fsp3) is 0.278. The van der Waals surface area contributed by atoms with Crippen molar-refractivity contribution in [1.29, 1.82) is 5.26 Å². The minimum Gasteiger partial charge on any atom is -0.494 e. The van der Waals surface area contributed by atoms with Crippen molar-refractivity contribution < 1.29 is 9.53 Å².